The Balaban J connectivity index is 1.94. The van der Waals surface area contributed by atoms with Crippen LogP contribution in [-0.4, -0.2) is 25.2 Å². The van der Waals surface area contributed by atoms with E-state index in [4.69, 9.17) is 9.15 Å². The summed E-state index contributed by atoms with van der Waals surface area (Å²) in [7, 11) is 1.67. The number of nitrogens with one attached hydrogen (secondary N) is 1. The molecule has 1 N–H and O–H groups in total. The molecule has 1 aromatic heterocycles. The summed E-state index contributed by atoms with van der Waals surface area (Å²) < 4.78 is 11.1. The highest BCUT2D eigenvalue weighted by Crippen LogP contribution is 2.28. The normalized spacial score (nSPS) is 12.8. The van der Waals surface area contributed by atoms with Crippen molar-refractivity contribution in [3.05, 3.63) is 30.0 Å². The van der Waals surface area contributed by atoms with Gasteiger partial charge in [-0.2, -0.15) is 11.8 Å². The van der Waals surface area contributed by atoms with Gasteiger partial charge in [0.05, 0.1) is 13.7 Å². The fraction of sp³-hybridized carbons (Fsp3) is 0.467. The summed E-state index contributed by atoms with van der Waals surface area (Å²) in [5.74, 6) is 1.75. The largest absolute Gasteiger partial charge is 0.493 e. The minimum atomic E-state index is 0.697. The van der Waals surface area contributed by atoms with Crippen LogP contribution in [0.1, 0.15) is 19.1 Å². The molecular weight excluding hydrogens is 258 g/mol. The summed E-state index contributed by atoms with van der Waals surface area (Å²) in [6.07, 6.45) is 3.32. The molecule has 0 aliphatic carbocycles. The molecule has 0 aliphatic heterocycles. The molecule has 0 spiro atoms. The SMILES string of the molecule is COc1cccc2cc(CNCCC(C)SC)oc12. The number of para-hydroxylation sites is 1. The van der Waals surface area contributed by atoms with E-state index >= 15 is 0 Å². The number of benzene rings is 1. The van der Waals surface area contributed by atoms with Crippen LogP contribution < -0.4 is 10.1 Å². The zero-order chi connectivity index (χ0) is 13.7. The maximum atomic E-state index is 5.83. The van der Waals surface area contributed by atoms with Crippen LogP contribution in [0.2, 0.25) is 0 Å². The van der Waals surface area contributed by atoms with Crippen LogP contribution >= 0.6 is 11.8 Å². The van der Waals surface area contributed by atoms with Gasteiger partial charge >= 0.3 is 0 Å². The monoisotopic (exact) mass is 279 g/mol. The van der Waals surface area contributed by atoms with Crippen molar-refractivity contribution in [1.29, 1.82) is 0 Å². The molecule has 0 bridgehead atoms. The molecular formula is C15H21NO2S. The van der Waals surface area contributed by atoms with E-state index in [1.165, 1.54) is 6.42 Å². The summed E-state index contributed by atoms with van der Waals surface area (Å²) >= 11 is 1.90. The number of hydrogen-bond acceptors (Lipinski definition) is 4. The first kappa shape index (κ1) is 14.3. The van der Waals surface area contributed by atoms with Crippen molar-refractivity contribution < 1.29 is 9.15 Å². The summed E-state index contributed by atoms with van der Waals surface area (Å²) in [5.41, 5.74) is 0.833. The second-order valence-corrected chi connectivity index (χ2v) is 5.88. The van der Waals surface area contributed by atoms with Crippen LogP contribution in [0.3, 0.4) is 0 Å². The van der Waals surface area contributed by atoms with Crippen LogP contribution in [-0.2, 0) is 6.54 Å². The Kier molecular flexibility index (Phi) is 5.16. The lowest BCUT2D eigenvalue weighted by atomic mass is 10.2. The molecule has 0 fully saturated rings. The second-order valence-electron chi connectivity index (χ2n) is 4.60. The smallest absolute Gasteiger partial charge is 0.176 e. The number of furan rings is 1. The highest BCUT2D eigenvalue weighted by Gasteiger charge is 2.08. The number of rotatable bonds is 7. The summed E-state index contributed by atoms with van der Waals surface area (Å²) in [6, 6.07) is 8.01. The molecule has 0 saturated heterocycles. The molecule has 0 amide bonds. The van der Waals surface area contributed by atoms with Crippen molar-refractivity contribution in [3.8, 4) is 5.75 Å². The Morgan fingerprint density at radius 3 is 3.00 bits per heavy atom. The van der Waals surface area contributed by atoms with E-state index in [1.54, 1.807) is 7.11 Å². The van der Waals surface area contributed by atoms with Gasteiger partial charge in [-0.3, -0.25) is 0 Å². The maximum Gasteiger partial charge on any atom is 0.176 e. The Hall–Kier alpha value is -1.13. The average molecular weight is 279 g/mol. The van der Waals surface area contributed by atoms with Crippen LogP contribution in [0, 0.1) is 0 Å². The van der Waals surface area contributed by atoms with Gasteiger partial charge in [0.25, 0.3) is 0 Å². The van der Waals surface area contributed by atoms with E-state index in [-0.39, 0.29) is 0 Å². The van der Waals surface area contributed by atoms with E-state index < -0.39 is 0 Å². The molecule has 19 heavy (non-hydrogen) atoms. The van der Waals surface area contributed by atoms with Crippen molar-refractivity contribution in [3.63, 3.8) is 0 Å². The third kappa shape index (κ3) is 3.67. The minimum absolute atomic E-state index is 0.697. The first-order chi connectivity index (χ1) is 9.24. The van der Waals surface area contributed by atoms with Gasteiger partial charge in [0, 0.05) is 10.6 Å². The van der Waals surface area contributed by atoms with E-state index in [0.29, 0.717) is 5.25 Å². The number of fused-ring (bicyclic) bond motifs is 1. The Labute approximate surface area is 118 Å². The molecule has 2 aromatic rings. The zero-order valence-corrected chi connectivity index (χ0v) is 12.5. The van der Waals surface area contributed by atoms with Crippen LogP contribution in [0.5, 0.6) is 5.75 Å². The van der Waals surface area contributed by atoms with Crippen molar-refractivity contribution >= 4 is 22.7 Å². The number of methoxy groups -OCH3 is 1. The molecule has 1 heterocycles. The average Bonchev–Trinajstić information content (AvgIpc) is 2.85. The zero-order valence-electron chi connectivity index (χ0n) is 11.7. The molecule has 4 heteroatoms. The van der Waals surface area contributed by atoms with E-state index in [1.807, 2.05) is 30.0 Å². The van der Waals surface area contributed by atoms with Crippen molar-refractivity contribution in [2.24, 2.45) is 0 Å². The molecule has 0 aliphatic rings. The van der Waals surface area contributed by atoms with Crippen LogP contribution in [0.15, 0.2) is 28.7 Å². The fourth-order valence-corrected chi connectivity index (χ4v) is 2.33. The third-order valence-electron chi connectivity index (χ3n) is 3.21. The molecule has 0 saturated carbocycles. The van der Waals surface area contributed by atoms with E-state index in [2.05, 4.69) is 24.6 Å². The van der Waals surface area contributed by atoms with E-state index in [0.717, 1.165) is 35.6 Å². The second kappa shape index (κ2) is 6.87. The minimum Gasteiger partial charge on any atom is -0.493 e. The quantitative estimate of drug-likeness (QED) is 0.784. The first-order valence-electron chi connectivity index (χ1n) is 6.53. The van der Waals surface area contributed by atoms with Gasteiger partial charge in [0.1, 0.15) is 5.76 Å². The lowest BCUT2D eigenvalue weighted by Crippen LogP contribution is -2.17. The standard InChI is InChI=1S/C15H21NO2S/c1-11(19-3)7-8-16-10-13-9-12-5-4-6-14(17-2)15(12)18-13/h4-6,9,11,16H,7-8,10H2,1-3H3. The number of hydrogen-bond donors (Lipinski definition) is 1. The molecule has 1 atom stereocenters. The maximum absolute atomic E-state index is 5.83. The van der Waals surface area contributed by atoms with Crippen LogP contribution in [0.4, 0.5) is 0 Å². The molecule has 1 aromatic carbocycles. The van der Waals surface area contributed by atoms with Gasteiger partial charge in [-0.05, 0) is 31.4 Å². The molecule has 0 radical (unpaired) electrons. The van der Waals surface area contributed by atoms with Gasteiger partial charge in [0.2, 0.25) is 0 Å². The topological polar surface area (TPSA) is 34.4 Å². The van der Waals surface area contributed by atoms with Gasteiger partial charge in [-0.1, -0.05) is 19.1 Å². The van der Waals surface area contributed by atoms with Gasteiger partial charge in [0.15, 0.2) is 11.3 Å². The predicted octanol–water partition coefficient (Wildman–Crippen LogP) is 3.67. The highest BCUT2D eigenvalue weighted by atomic mass is 32.2. The molecule has 2 rings (SSSR count). The summed E-state index contributed by atoms with van der Waals surface area (Å²) in [4.78, 5) is 0. The lowest BCUT2D eigenvalue weighted by molar-refractivity contribution is 0.406. The molecule has 1 unspecified atom stereocenters. The summed E-state index contributed by atoms with van der Waals surface area (Å²) in [5, 5.41) is 5.21. The highest BCUT2D eigenvalue weighted by molar-refractivity contribution is 7.99. The fourth-order valence-electron chi connectivity index (χ4n) is 1.97. The first-order valence-corrected chi connectivity index (χ1v) is 7.82. The lowest BCUT2D eigenvalue weighted by Gasteiger charge is -2.07. The predicted molar refractivity (Wildman–Crippen MR) is 82.1 cm³/mol. The number of thioether (sulfide) groups is 1. The van der Waals surface area contributed by atoms with Crippen LogP contribution in [0.25, 0.3) is 11.0 Å². The van der Waals surface area contributed by atoms with Crippen molar-refractivity contribution in [2.75, 3.05) is 19.9 Å². The molecule has 104 valence electrons. The van der Waals surface area contributed by atoms with E-state index in [9.17, 15) is 0 Å². The summed E-state index contributed by atoms with van der Waals surface area (Å²) in [6.45, 7) is 4.02. The Bertz CT molecular complexity index is 524. The van der Waals surface area contributed by atoms with Gasteiger partial charge in [-0.15, -0.1) is 0 Å². The number of ether oxygens (including phenoxy) is 1. The van der Waals surface area contributed by atoms with Gasteiger partial charge < -0.3 is 14.5 Å². The third-order valence-corrected chi connectivity index (χ3v) is 4.25. The Morgan fingerprint density at radius 1 is 1.42 bits per heavy atom. The van der Waals surface area contributed by atoms with Crippen molar-refractivity contribution in [1.82, 2.24) is 5.32 Å². The molecule has 3 nitrogen and oxygen atoms in total. The van der Waals surface area contributed by atoms with Crippen molar-refractivity contribution in [2.45, 2.75) is 25.1 Å². The van der Waals surface area contributed by atoms with Gasteiger partial charge in [-0.25, -0.2) is 0 Å². The Morgan fingerprint density at radius 2 is 2.26 bits per heavy atom.